The summed E-state index contributed by atoms with van der Waals surface area (Å²) >= 11 is 0. The van der Waals surface area contributed by atoms with Crippen molar-refractivity contribution in [3.05, 3.63) is 57.3 Å². The average molecular weight is 406 g/mol. The van der Waals surface area contributed by atoms with E-state index < -0.39 is 11.3 Å². The molecule has 1 amide bonds. The van der Waals surface area contributed by atoms with Crippen LogP contribution in [0.25, 0.3) is 0 Å². The molecule has 1 atom stereocenters. The number of hydrogen-bond donors (Lipinski definition) is 1. The van der Waals surface area contributed by atoms with Crippen LogP contribution < -0.4 is 5.56 Å². The first-order valence-electron chi connectivity index (χ1n) is 10.4. The van der Waals surface area contributed by atoms with Crippen LogP contribution in [0, 0.1) is 11.3 Å². The van der Waals surface area contributed by atoms with Crippen LogP contribution >= 0.6 is 0 Å². The van der Waals surface area contributed by atoms with Gasteiger partial charge in [-0.1, -0.05) is 37.1 Å². The van der Waals surface area contributed by atoms with Crippen LogP contribution in [-0.2, 0) is 24.8 Å². The standard InChI is InChI=1S/C23H26N4O3/c1-15-14-27-18(25-21(29)20(28)19(27)22(30)26(15)2)13-23(9-3-4-10-23)17-7-5-6-16(12-17)8-11-24/h5-7,12,15,28H,3-4,8-10,13-14H2,1-2H3/t15-/m0/s1. The van der Waals surface area contributed by atoms with Crippen molar-refractivity contribution >= 4 is 5.91 Å². The van der Waals surface area contributed by atoms with Gasteiger partial charge in [-0.15, -0.1) is 0 Å². The number of carbonyl (C=O) groups is 1. The molecule has 1 aliphatic carbocycles. The fourth-order valence-corrected chi connectivity index (χ4v) is 4.92. The predicted octanol–water partition coefficient (Wildman–Crippen LogP) is 2.54. The molecule has 0 unspecified atom stereocenters. The molecule has 7 heteroatoms. The first-order chi connectivity index (χ1) is 14.4. The third-order valence-electron chi connectivity index (χ3n) is 6.75. The molecule has 1 aliphatic heterocycles. The van der Waals surface area contributed by atoms with Crippen molar-refractivity contribution in [2.75, 3.05) is 7.05 Å². The third-order valence-corrected chi connectivity index (χ3v) is 6.75. The normalized spacial score (nSPS) is 20.1. The van der Waals surface area contributed by atoms with Crippen LogP contribution in [0.15, 0.2) is 29.1 Å². The number of amides is 1. The van der Waals surface area contributed by atoms with Crippen molar-refractivity contribution in [2.24, 2.45) is 0 Å². The molecule has 1 aromatic carbocycles. The number of nitriles is 1. The maximum Gasteiger partial charge on any atom is 0.315 e. The Bertz CT molecular complexity index is 1090. The molecule has 1 aromatic heterocycles. The summed E-state index contributed by atoms with van der Waals surface area (Å²) in [6, 6.07) is 10.3. The minimum absolute atomic E-state index is 0.0389. The lowest BCUT2D eigenvalue weighted by molar-refractivity contribution is 0.0660. The van der Waals surface area contributed by atoms with Gasteiger partial charge in [-0.2, -0.15) is 10.2 Å². The number of carbonyl (C=O) groups excluding carboxylic acids is 1. The summed E-state index contributed by atoms with van der Waals surface area (Å²) in [5.41, 5.74) is 1.22. The van der Waals surface area contributed by atoms with Crippen LogP contribution in [0.5, 0.6) is 5.75 Å². The Labute approximate surface area is 175 Å². The zero-order chi connectivity index (χ0) is 21.5. The highest BCUT2D eigenvalue weighted by Gasteiger charge is 2.39. The van der Waals surface area contributed by atoms with Gasteiger partial charge in [0, 0.05) is 31.5 Å². The van der Waals surface area contributed by atoms with E-state index in [1.165, 1.54) is 0 Å². The highest BCUT2D eigenvalue weighted by atomic mass is 16.3. The number of nitrogens with zero attached hydrogens (tertiary/aromatic N) is 4. The fourth-order valence-electron chi connectivity index (χ4n) is 4.92. The molecular formula is C23H26N4O3. The lowest BCUT2D eigenvalue weighted by Gasteiger charge is -2.36. The number of likely N-dealkylation sites (N-methyl/N-ethyl adjacent to an activating group) is 1. The molecule has 2 aromatic rings. The topological polar surface area (TPSA) is 99.2 Å². The Morgan fingerprint density at radius 3 is 2.73 bits per heavy atom. The minimum atomic E-state index is -0.751. The molecule has 0 radical (unpaired) electrons. The first kappa shape index (κ1) is 20.1. The largest absolute Gasteiger partial charge is 0.501 e. The van der Waals surface area contributed by atoms with Gasteiger partial charge in [0.1, 0.15) is 5.82 Å². The Kier molecular flexibility index (Phi) is 5.10. The monoisotopic (exact) mass is 406 g/mol. The zero-order valence-corrected chi connectivity index (χ0v) is 17.4. The van der Waals surface area contributed by atoms with Gasteiger partial charge in [0.05, 0.1) is 12.5 Å². The summed E-state index contributed by atoms with van der Waals surface area (Å²) in [4.78, 5) is 31.0. The molecule has 1 fully saturated rings. The lowest BCUT2D eigenvalue weighted by Crippen LogP contribution is -2.47. The molecule has 0 spiro atoms. The van der Waals surface area contributed by atoms with Gasteiger partial charge in [0.25, 0.3) is 5.91 Å². The summed E-state index contributed by atoms with van der Waals surface area (Å²) in [6.07, 6.45) is 4.95. The second-order valence-corrected chi connectivity index (χ2v) is 8.61. The van der Waals surface area contributed by atoms with Crippen LogP contribution in [0.2, 0.25) is 0 Å². The smallest absolute Gasteiger partial charge is 0.315 e. The molecule has 1 saturated carbocycles. The summed E-state index contributed by atoms with van der Waals surface area (Å²) in [7, 11) is 1.68. The summed E-state index contributed by atoms with van der Waals surface area (Å²) in [5.74, 6) is -0.379. The summed E-state index contributed by atoms with van der Waals surface area (Å²) in [5, 5.41) is 19.4. The van der Waals surface area contributed by atoms with Crippen LogP contribution in [0.3, 0.4) is 0 Å². The van der Waals surface area contributed by atoms with Crippen LogP contribution in [0.1, 0.15) is 60.0 Å². The minimum Gasteiger partial charge on any atom is -0.501 e. The molecule has 2 aliphatic rings. The molecule has 0 saturated heterocycles. The second kappa shape index (κ2) is 7.60. The number of aromatic nitrogens is 2. The number of fused-ring (bicyclic) bond motifs is 1. The van der Waals surface area contributed by atoms with Gasteiger partial charge in [-0.25, -0.2) is 0 Å². The van der Waals surface area contributed by atoms with Gasteiger partial charge in [0.15, 0.2) is 5.69 Å². The molecule has 0 bridgehead atoms. The second-order valence-electron chi connectivity index (χ2n) is 8.61. The van der Waals surface area contributed by atoms with E-state index in [9.17, 15) is 14.7 Å². The van der Waals surface area contributed by atoms with E-state index >= 15 is 0 Å². The molecular weight excluding hydrogens is 380 g/mol. The van der Waals surface area contributed by atoms with Gasteiger partial charge >= 0.3 is 5.56 Å². The van der Waals surface area contributed by atoms with Gasteiger partial charge in [-0.3, -0.25) is 9.59 Å². The highest BCUT2D eigenvalue weighted by Crippen LogP contribution is 2.44. The summed E-state index contributed by atoms with van der Waals surface area (Å²) < 4.78 is 1.74. The van der Waals surface area contributed by atoms with E-state index in [0.717, 1.165) is 36.8 Å². The predicted molar refractivity (Wildman–Crippen MR) is 111 cm³/mol. The third kappa shape index (κ3) is 3.26. The van der Waals surface area contributed by atoms with Crippen molar-refractivity contribution < 1.29 is 9.90 Å². The Balaban J connectivity index is 1.82. The van der Waals surface area contributed by atoms with Gasteiger partial charge in [-0.05, 0) is 30.9 Å². The van der Waals surface area contributed by atoms with E-state index in [1.807, 2.05) is 19.1 Å². The maximum atomic E-state index is 12.8. The molecule has 4 rings (SSSR count). The number of aromatic hydroxyl groups is 1. The van der Waals surface area contributed by atoms with Gasteiger partial charge < -0.3 is 14.6 Å². The van der Waals surface area contributed by atoms with Crippen molar-refractivity contribution in [3.8, 4) is 11.8 Å². The highest BCUT2D eigenvalue weighted by molar-refractivity contribution is 5.95. The van der Waals surface area contributed by atoms with Crippen molar-refractivity contribution in [1.82, 2.24) is 14.5 Å². The maximum absolute atomic E-state index is 12.8. The molecule has 2 heterocycles. The fraction of sp³-hybridized carbons (Fsp3) is 0.478. The molecule has 7 nitrogen and oxygen atoms in total. The Morgan fingerprint density at radius 1 is 1.30 bits per heavy atom. The first-order valence-corrected chi connectivity index (χ1v) is 10.4. The molecule has 30 heavy (non-hydrogen) atoms. The van der Waals surface area contributed by atoms with Crippen LogP contribution in [0.4, 0.5) is 0 Å². The zero-order valence-electron chi connectivity index (χ0n) is 17.4. The van der Waals surface area contributed by atoms with E-state index in [4.69, 9.17) is 5.26 Å². The SMILES string of the molecule is C[C@H]1Cn2c(CC3(c4cccc(CC#N)c4)CCCC3)nc(=O)c(O)c2C(=O)N1C. The average Bonchev–Trinajstić information content (AvgIpc) is 3.20. The number of benzene rings is 1. The van der Waals surface area contributed by atoms with E-state index in [0.29, 0.717) is 25.2 Å². The number of rotatable bonds is 4. The van der Waals surface area contributed by atoms with Gasteiger partial charge in [0.2, 0.25) is 5.75 Å². The lowest BCUT2D eigenvalue weighted by atomic mass is 9.75. The quantitative estimate of drug-likeness (QED) is 0.841. The Morgan fingerprint density at radius 2 is 2.03 bits per heavy atom. The van der Waals surface area contributed by atoms with E-state index in [1.54, 1.807) is 16.5 Å². The van der Waals surface area contributed by atoms with E-state index in [2.05, 4.69) is 23.2 Å². The Hall–Kier alpha value is -3.14. The summed E-state index contributed by atoms with van der Waals surface area (Å²) in [6.45, 7) is 2.43. The van der Waals surface area contributed by atoms with E-state index in [-0.39, 0.29) is 23.1 Å². The van der Waals surface area contributed by atoms with Crippen molar-refractivity contribution in [3.63, 3.8) is 0 Å². The molecule has 156 valence electrons. The van der Waals surface area contributed by atoms with Crippen molar-refractivity contribution in [2.45, 2.75) is 63.5 Å². The number of hydrogen-bond acceptors (Lipinski definition) is 5. The van der Waals surface area contributed by atoms with Crippen LogP contribution in [-0.4, -0.2) is 38.6 Å². The van der Waals surface area contributed by atoms with Crippen molar-refractivity contribution in [1.29, 1.82) is 5.26 Å². The molecule has 1 N–H and O–H groups in total.